The number of nitrogens with one attached hydrogen (secondary N) is 1. The molecule has 13 heteroatoms. The number of likely N-dealkylation sites (N-methyl/N-ethyl adjacent to an activating group) is 1. The number of ether oxygens (including phenoxy) is 2. The molecule has 11 nitrogen and oxygen atoms in total. The van der Waals surface area contributed by atoms with Gasteiger partial charge in [-0.25, -0.2) is 9.37 Å². The van der Waals surface area contributed by atoms with Crippen molar-refractivity contribution in [1.29, 1.82) is 0 Å². The van der Waals surface area contributed by atoms with E-state index >= 15 is 0 Å². The van der Waals surface area contributed by atoms with Crippen LogP contribution in [0.1, 0.15) is 12.8 Å². The number of halogens is 2. The first-order valence-electron chi connectivity index (χ1n) is 13.5. The van der Waals surface area contributed by atoms with Crippen LogP contribution in [0, 0.1) is 11.2 Å². The first kappa shape index (κ1) is 25.9. The molecule has 7 rings (SSSR count). The number of nitrogens with zero attached hydrogens (tertiary/aromatic N) is 7. The van der Waals surface area contributed by atoms with Gasteiger partial charge in [0.25, 0.3) is 0 Å². The molecule has 0 radical (unpaired) electrons. The van der Waals surface area contributed by atoms with E-state index in [-0.39, 0.29) is 40.1 Å². The molecule has 3 aromatic heterocycles. The Hall–Kier alpha value is -4.03. The van der Waals surface area contributed by atoms with Gasteiger partial charge in [0.15, 0.2) is 5.75 Å². The van der Waals surface area contributed by atoms with Crippen LogP contribution < -0.4 is 14.4 Å². The molecule has 1 N–H and O–H groups in total. The number of amides is 1. The Labute approximate surface area is 239 Å². The number of hydrogen-bond acceptors (Lipinski definition) is 9. The standard InChI is InChI=1S/C28H28ClFN8O3/c1-3-21(39)37-8-10-38(11-9-37)25-16-4-7-31-26(41-24-17-13-32-35-19(17)12-18(30)22(24)29)23(16)33-27(34-25)40-20-14-36(2)15-28(20)5-6-28/h3-4,7,12-13,20H,1,5-6,8-11,14-15H2,2H3,(H,32,35). The number of fused-ring (bicyclic) bond motifs is 2. The predicted molar refractivity (Wildman–Crippen MR) is 151 cm³/mol. The van der Waals surface area contributed by atoms with Crippen molar-refractivity contribution in [2.45, 2.75) is 18.9 Å². The summed E-state index contributed by atoms with van der Waals surface area (Å²) in [6.45, 7) is 7.53. The maximum atomic E-state index is 14.7. The zero-order chi connectivity index (χ0) is 28.3. The van der Waals surface area contributed by atoms with Crippen LogP contribution in [0.15, 0.2) is 37.2 Å². The van der Waals surface area contributed by atoms with Gasteiger partial charge in [0, 0.05) is 56.9 Å². The van der Waals surface area contributed by atoms with E-state index in [1.54, 1.807) is 11.1 Å². The molecule has 3 aliphatic rings. The third kappa shape index (κ3) is 4.51. The van der Waals surface area contributed by atoms with Crippen LogP contribution in [-0.4, -0.2) is 93.3 Å². The predicted octanol–water partition coefficient (Wildman–Crippen LogP) is 3.79. The molecule has 1 unspecified atom stereocenters. The second kappa shape index (κ2) is 9.81. The maximum absolute atomic E-state index is 14.7. The Morgan fingerprint density at radius 2 is 2.05 bits per heavy atom. The molecule has 212 valence electrons. The Kier molecular flexibility index (Phi) is 6.20. The van der Waals surface area contributed by atoms with Crippen molar-refractivity contribution in [3.63, 3.8) is 0 Å². The normalized spacial score (nSPS) is 20.2. The topological polar surface area (TPSA) is 113 Å². The molecule has 1 aromatic carbocycles. The van der Waals surface area contributed by atoms with E-state index in [4.69, 9.17) is 31.0 Å². The van der Waals surface area contributed by atoms with Gasteiger partial charge in [-0.15, -0.1) is 0 Å². The Morgan fingerprint density at radius 1 is 1.24 bits per heavy atom. The summed E-state index contributed by atoms with van der Waals surface area (Å²) in [6.07, 6.45) is 6.62. The van der Waals surface area contributed by atoms with E-state index in [1.165, 1.54) is 18.3 Å². The van der Waals surface area contributed by atoms with Crippen molar-refractivity contribution < 1.29 is 18.7 Å². The lowest BCUT2D eigenvalue weighted by atomic mass is 10.0. The number of H-pyrrole nitrogens is 1. The van der Waals surface area contributed by atoms with Gasteiger partial charge >= 0.3 is 6.01 Å². The maximum Gasteiger partial charge on any atom is 0.319 e. The quantitative estimate of drug-likeness (QED) is 0.341. The molecule has 2 saturated heterocycles. The highest BCUT2D eigenvalue weighted by atomic mass is 35.5. The summed E-state index contributed by atoms with van der Waals surface area (Å²) in [5.41, 5.74) is 0.971. The van der Waals surface area contributed by atoms with Gasteiger partial charge < -0.3 is 24.2 Å². The number of carbonyl (C=O) groups is 1. The van der Waals surface area contributed by atoms with Crippen LogP contribution in [-0.2, 0) is 4.79 Å². The SMILES string of the molecule is C=CC(=O)N1CCN(c2nc(OC3CN(C)CC34CC4)nc3c(Oc4c(Cl)c(F)cc5[nH]ncc45)nccc23)CC1. The van der Waals surface area contributed by atoms with Gasteiger partial charge in [0.1, 0.15) is 28.3 Å². The van der Waals surface area contributed by atoms with Crippen LogP contribution in [0.25, 0.3) is 21.8 Å². The molecule has 1 spiro atoms. The monoisotopic (exact) mass is 578 g/mol. The minimum absolute atomic E-state index is 0.0379. The molecule has 3 fully saturated rings. The second-order valence-corrected chi connectivity index (χ2v) is 11.3. The zero-order valence-electron chi connectivity index (χ0n) is 22.4. The number of anilines is 1. The average molecular weight is 579 g/mol. The van der Waals surface area contributed by atoms with Crippen LogP contribution in [0.2, 0.25) is 5.02 Å². The first-order valence-corrected chi connectivity index (χ1v) is 13.9. The van der Waals surface area contributed by atoms with E-state index < -0.39 is 5.82 Å². The molecule has 1 atom stereocenters. The van der Waals surface area contributed by atoms with Crippen molar-refractivity contribution in [1.82, 2.24) is 34.9 Å². The zero-order valence-corrected chi connectivity index (χ0v) is 23.2. The summed E-state index contributed by atoms with van der Waals surface area (Å²) in [7, 11) is 2.09. The number of likely N-dealkylation sites (tertiary alicyclic amines) is 1. The lowest BCUT2D eigenvalue weighted by Crippen LogP contribution is -2.48. The van der Waals surface area contributed by atoms with Crippen LogP contribution in [0.5, 0.6) is 17.6 Å². The number of aromatic nitrogens is 5. The fourth-order valence-electron chi connectivity index (χ4n) is 5.94. The molecule has 0 bridgehead atoms. The molecule has 4 aromatic rings. The minimum atomic E-state index is -0.648. The number of pyridine rings is 1. The number of rotatable bonds is 6. The number of hydrogen-bond donors (Lipinski definition) is 1. The van der Waals surface area contributed by atoms with Crippen molar-refractivity contribution >= 4 is 45.1 Å². The summed E-state index contributed by atoms with van der Waals surface area (Å²) >= 11 is 6.35. The van der Waals surface area contributed by atoms with Gasteiger partial charge in [-0.3, -0.25) is 9.89 Å². The Bertz CT molecular complexity index is 1680. The minimum Gasteiger partial charge on any atom is -0.458 e. The van der Waals surface area contributed by atoms with Crippen LogP contribution >= 0.6 is 11.6 Å². The van der Waals surface area contributed by atoms with Gasteiger partial charge in [-0.2, -0.15) is 15.1 Å². The summed E-state index contributed by atoms with van der Waals surface area (Å²) in [4.78, 5) is 32.4. The highest BCUT2D eigenvalue weighted by Crippen LogP contribution is 2.53. The third-order valence-corrected chi connectivity index (χ3v) is 8.64. The molecular weight excluding hydrogens is 551 g/mol. The van der Waals surface area contributed by atoms with E-state index in [9.17, 15) is 9.18 Å². The van der Waals surface area contributed by atoms with Gasteiger partial charge in [-0.1, -0.05) is 18.2 Å². The largest absolute Gasteiger partial charge is 0.458 e. The fraction of sp³-hybridized carbons (Fsp3) is 0.393. The van der Waals surface area contributed by atoms with Crippen molar-refractivity contribution in [3.8, 4) is 17.6 Å². The number of carbonyl (C=O) groups excluding carboxylic acids is 1. The Morgan fingerprint density at radius 3 is 2.80 bits per heavy atom. The summed E-state index contributed by atoms with van der Waals surface area (Å²) in [6, 6.07) is 3.30. The van der Waals surface area contributed by atoms with Crippen molar-refractivity contribution in [3.05, 3.63) is 48.0 Å². The van der Waals surface area contributed by atoms with Gasteiger partial charge in [0.2, 0.25) is 11.8 Å². The lowest BCUT2D eigenvalue weighted by molar-refractivity contribution is -0.126. The number of benzene rings is 1. The number of piperazine rings is 1. The highest BCUT2D eigenvalue weighted by molar-refractivity contribution is 6.33. The van der Waals surface area contributed by atoms with E-state index in [0.29, 0.717) is 53.8 Å². The van der Waals surface area contributed by atoms with E-state index in [1.807, 2.05) is 6.07 Å². The summed E-state index contributed by atoms with van der Waals surface area (Å²) in [5, 5.41) is 7.76. The van der Waals surface area contributed by atoms with E-state index in [2.05, 4.69) is 38.6 Å². The van der Waals surface area contributed by atoms with Crippen molar-refractivity contribution in [2.75, 3.05) is 51.2 Å². The fourth-order valence-corrected chi connectivity index (χ4v) is 6.14. The molecular formula is C28H28ClFN8O3. The summed E-state index contributed by atoms with van der Waals surface area (Å²) in [5.74, 6) is 0.127. The van der Waals surface area contributed by atoms with Crippen LogP contribution in [0.3, 0.4) is 0 Å². The van der Waals surface area contributed by atoms with E-state index in [0.717, 1.165) is 25.9 Å². The number of aromatic amines is 1. The molecule has 2 aliphatic heterocycles. The average Bonchev–Trinajstić information content (AvgIpc) is 3.49. The summed E-state index contributed by atoms with van der Waals surface area (Å²) < 4.78 is 27.3. The van der Waals surface area contributed by atoms with Crippen LogP contribution in [0.4, 0.5) is 10.2 Å². The molecule has 5 heterocycles. The smallest absolute Gasteiger partial charge is 0.319 e. The molecule has 41 heavy (non-hydrogen) atoms. The molecule has 1 saturated carbocycles. The Balaban J connectivity index is 1.31. The third-order valence-electron chi connectivity index (χ3n) is 8.28. The highest BCUT2D eigenvalue weighted by Gasteiger charge is 2.56. The van der Waals surface area contributed by atoms with Gasteiger partial charge in [0.05, 0.1) is 22.5 Å². The molecule has 1 amide bonds. The lowest BCUT2D eigenvalue weighted by Gasteiger charge is -2.35. The second-order valence-electron chi connectivity index (χ2n) is 11.0. The molecule has 1 aliphatic carbocycles. The van der Waals surface area contributed by atoms with Gasteiger partial charge in [-0.05, 0) is 32.0 Å². The van der Waals surface area contributed by atoms with Crippen molar-refractivity contribution in [2.24, 2.45) is 5.41 Å². The first-order chi connectivity index (χ1) is 19.8.